The molecule has 1 rings (SSSR count). The molecule has 0 aliphatic rings. The van der Waals surface area contributed by atoms with E-state index in [1.165, 1.54) is 0 Å². The average molecular weight is 218 g/mol. The molecule has 0 bridgehead atoms. The number of anilines is 1. The molecular formula is C8H8ClNS2. The van der Waals surface area contributed by atoms with Gasteiger partial charge in [-0.2, -0.15) is 0 Å². The van der Waals surface area contributed by atoms with Gasteiger partial charge in [-0.15, -0.1) is 12.6 Å². The lowest BCUT2D eigenvalue weighted by atomic mass is 10.2. The van der Waals surface area contributed by atoms with Crippen LogP contribution in [0.1, 0.15) is 5.56 Å². The van der Waals surface area contributed by atoms with Crippen molar-refractivity contribution in [3.63, 3.8) is 0 Å². The van der Waals surface area contributed by atoms with Crippen LogP contribution < -0.4 is 5.32 Å². The Kier molecular flexibility index (Phi) is 3.38. The fourth-order valence-corrected chi connectivity index (χ4v) is 1.34. The van der Waals surface area contributed by atoms with E-state index in [1.807, 2.05) is 25.1 Å². The zero-order chi connectivity index (χ0) is 9.14. The molecule has 0 unspecified atom stereocenters. The average Bonchev–Trinajstić information content (AvgIpc) is 1.94. The second-order valence-corrected chi connectivity index (χ2v) is 3.98. The van der Waals surface area contributed by atoms with Gasteiger partial charge in [0.05, 0.1) is 0 Å². The predicted molar refractivity (Wildman–Crippen MR) is 61.4 cm³/mol. The summed E-state index contributed by atoms with van der Waals surface area (Å²) in [6.07, 6.45) is 0. The topological polar surface area (TPSA) is 12.0 Å². The van der Waals surface area contributed by atoms with Crippen molar-refractivity contribution < 1.29 is 0 Å². The molecule has 0 spiro atoms. The highest BCUT2D eigenvalue weighted by Gasteiger charge is 1.98. The number of nitrogens with one attached hydrogen (secondary N) is 1. The molecule has 1 nitrogen and oxygen atoms in total. The fourth-order valence-electron chi connectivity index (χ4n) is 0.883. The first-order valence-electron chi connectivity index (χ1n) is 3.35. The molecule has 4 heteroatoms. The smallest absolute Gasteiger partial charge is 0.135 e. The summed E-state index contributed by atoms with van der Waals surface area (Å²) < 4.78 is 0.459. The van der Waals surface area contributed by atoms with E-state index in [1.54, 1.807) is 0 Å². The maximum atomic E-state index is 5.77. The normalized spacial score (nSPS) is 9.58. The minimum Gasteiger partial charge on any atom is -0.341 e. The Morgan fingerprint density at radius 3 is 2.75 bits per heavy atom. The molecule has 0 atom stereocenters. The summed E-state index contributed by atoms with van der Waals surface area (Å²) in [6.45, 7) is 1.96. The standard InChI is InChI=1S/C8H8ClNS2/c1-5-4-6(9)2-3-7(5)10-8(11)12/h2-4H,1H3,(H2,10,11,12). The maximum absolute atomic E-state index is 5.77. The van der Waals surface area contributed by atoms with Crippen LogP contribution in [-0.4, -0.2) is 4.32 Å². The third kappa shape index (κ3) is 2.66. The van der Waals surface area contributed by atoms with Gasteiger partial charge >= 0.3 is 0 Å². The Hall–Kier alpha value is -0.250. The summed E-state index contributed by atoms with van der Waals surface area (Å²) in [5.41, 5.74) is 2.00. The number of thiol groups is 1. The number of halogens is 1. The van der Waals surface area contributed by atoms with Gasteiger partial charge in [0.2, 0.25) is 0 Å². The Morgan fingerprint density at radius 1 is 1.58 bits per heavy atom. The fraction of sp³-hybridized carbons (Fsp3) is 0.125. The van der Waals surface area contributed by atoms with Crippen LogP contribution in [0.5, 0.6) is 0 Å². The second kappa shape index (κ2) is 4.12. The van der Waals surface area contributed by atoms with Gasteiger partial charge in [-0.25, -0.2) is 0 Å². The number of thiocarbonyl (C=S) groups is 1. The zero-order valence-electron chi connectivity index (χ0n) is 6.47. The van der Waals surface area contributed by atoms with Crippen LogP contribution in [0.2, 0.25) is 5.02 Å². The Morgan fingerprint density at radius 2 is 2.25 bits per heavy atom. The van der Waals surface area contributed by atoms with Gasteiger partial charge in [-0.3, -0.25) is 0 Å². The van der Waals surface area contributed by atoms with Crippen molar-refractivity contribution in [2.45, 2.75) is 6.92 Å². The molecule has 0 aliphatic heterocycles. The van der Waals surface area contributed by atoms with Gasteiger partial charge in [0.25, 0.3) is 0 Å². The van der Waals surface area contributed by atoms with E-state index in [4.69, 9.17) is 23.8 Å². The first-order chi connectivity index (χ1) is 5.59. The molecule has 1 aromatic carbocycles. The quantitative estimate of drug-likeness (QED) is 0.553. The molecule has 0 heterocycles. The number of aryl methyl sites for hydroxylation is 1. The van der Waals surface area contributed by atoms with Gasteiger partial charge in [-0.05, 0) is 30.7 Å². The van der Waals surface area contributed by atoms with E-state index >= 15 is 0 Å². The van der Waals surface area contributed by atoms with Crippen LogP contribution in [-0.2, 0) is 0 Å². The summed E-state index contributed by atoms with van der Waals surface area (Å²) in [5.74, 6) is 0. The first kappa shape index (κ1) is 9.84. The van der Waals surface area contributed by atoms with Crippen LogP contribution in [0.3, 0.4) is 0 Å². The summed E-state index contributed by atoms with van der Waals surface area (Å²) in [6, 6.07) is 5.55. The minimum atomic E-state index is 0.459. The van der Waals surface area contributed by atoms with Gasteiger partial charge in [-0.1, -0.05) is 23.8 Å². The molecule has 0 fully saturated rings. The third-order valence-electron chi connectivity index (χ3n) is 1.43. The van der Waals surface area contributed by atoms with Crippen molar-refractivity contribution in [2.24, 2.45) is 0 Å². The number of hydrogen-bond donors (Lipinski definition) is 2. The first-order valence-corrected chi connectivity index (χ1v) is 4.59. The lowest BCUT2D eigenvalue weighted by molar-refractivity contribution is 1.46. The lowest BCUT2D eigenvalue weighted by Gasteiger charge is -2.06. The summed E-state index contributed by atoms with van der Waals surface area (Å²) in [5, 5.41) is 3.66. The molecule has 0 radical (unpaired) electrons. The van der Waals surface area contributed by atoms with Crippen molar-refractivity contribution in [3.8, 4) is 0 Å². The molecule has 0 amide bonds. The van der Waals surface area contributed by atoms with Crippen LogP contribution in [0.4, 0.5) is 5.69 Å². The van der Waals surface area contributed by atoms with E-state index in [2.05, 4.69) is 17.9 Å². The van der Waals surface area contributed by atoms with Crippen molar-refractivity contribution in [1.29, 1.82) is 0 Å². The Balaban J connectivity index is 2.93. The highest BCUT2D eigenvalue weighted by Crippen LogP contribution is 2.19. The van der Waals surface area contributed by atoms with Crippen molar-refractivity contribution in [1.82, 2.24) is 0 Å². The number of benzene rings is 1. The minimum absolute atomic E-state index is 0.459. The van der Waals surface area contributed by atoms with Crippen LogP contribution in [0.25, 0.3) is 0 Å². The van der Waals surface area contributed by atoms with E-state index in [-0.39, 0.29) is 0 Å². The highest BCUT2D eigenvalue weighted by molar-refractivity contribution is 8.11. The van der Waals surface area contributed by atoms with Crippen molar-refractivity contribution in [2.75, 3.05) is 5.32 Å². The molecule has 0 aromatic heterocycles. The van der Waals surface area contributed by atoms with Crippen molar-refractivity contribution >= 4 is 46.5 Å². The van der Waals surface area contributed by atoms with Gasteiger partial charge in [0.1, 0.15) is 4.32 Å². The van der Waals surface area contributed by atoms with Crippen LogP contribution in [0, 0.1) is 6.92 Å². The monoisotopic (exact) mass is 217 g/mol. The molecule has 0 saturated heterocycles. The third-order valence-corrected chi connectivity index (χ3v) is 1.88. The Bertz CT molecular complexity index is 312. The van der Waals surface area contributed by atoms with Crippen molar-refractivity contribution in [3.05, 3.63) is 28.8 Å². The summed E-state index contributed by atoms with van der Waals surface area (Å²) in [7, 11) is 0. The largest absolute Gasteiger partial charge is 0.341 e. The molecular weight excluding hydrogens is 210 g/mol. The van der Waals surface area contributed by atoms with Gasteiger partial charge < -0.3 is 5.32 Å². The van der Waals surface area contributed by atoms with Gasteiger partial charge in [0, 0.05) is 10.7 Å². The molecule has 12 heavy (non-hydrogen) atoms. The SMILES string of the molecule is Cc1cc(Cl)ccc1NC(=S)S. The molecule has 0 aliphatic carbocycles. The number of hydrogen-bond acceptors (Lipinski definition) is 1. The predicted octanol–water partition coefficient (Wildman–Crippen LogP) is 3.28. The number of rotatable bonds is 1. The zero-order valence-corrected chi connectivity index (χ0v) is 8.93. The molecule has 64 valence electrons. The van der Waals surface area contributed by atoms with E-state index in [0.29, 0.717) is 4.32 Å². The highest BCUT2D eigenvalue weighted by atomic mass is 35.5. The van der Waals surface area contributed by atoms with Crippen LogP contribution >= 0.6 is 36.4 Å². The van der Waals surface area contributed by atoms with Crippen LogP contribution in [0.15, 0.2) is 18.2 Å². The maximum Gasteiger partial charge on any atom is 0.135 e. The Labute approximate surface area is 87.5 Å². The second-order valence-electron chi connectivity index (χ2n) is 2.39. The summed E-state index contributed by atoms with van der Waals surface area (Å²) in [4.78, 5) is 0. The van der Waals surface area contributed by atoms with E-state index in [9.17, 15) is 0 Å². The molecule has 1 N–H and O–H groups in total. The summed E-state index contributed by atoms with van der Waals surface area (Å²) >= 11 is 14.5. The van der Waals surface area contributed by atoms with E-state index in [0.717, 1.165) is 16.3 Å². The molecule has 0 saturated carbocycles. The van der Waals surface area contributed by atoms with E-state index < -0.39 is 0 Å². The lowest BCUT2D eigenvalue weighted by Crippen LogP contribution is -2.02. The molecule has 1 aromatic rings. The van der Waals surface area contributed by atoms with Gasteiger partial charge in [0.15, 0.2) is 0 Å².